The number of aliphatic carboxylic acids is 2. The molecule has 0 aliphatic heterocycles. The average Bonchev–Trinajstić information content (AvgIpc) is 3.23. The number of hydrogen-bond donors (Lipinski definition) is 5. The van der Waals surface area contributed by atoms with Crippen molar-refractivity contribution in [3.63, 3.8) is 0 Å². The first-order valence-electron chi connectivity index (χ1n) is 9.82. The Morgan fingerprint density at radius 1 is 1.14 bits per heavy atom. The number of rotatable bonds is 10. The van der Waals surface area contributed by atoms with Crippen molar-refractivity contribution in [1.29, 1.82) is 0 Å². The molecule has 1 amide bonds. The molecule has 0 aliphatic rings. The molecule has 0 saturated heterocycles. The van der Waals surface area contributed by atoms with E-state index in [1.54, 1.807) is 18.3 Å². The molecule has 2 aromatic rings. The molecule has 0 radical (unpaired) electrons. The molecule has 0 spiro atoms. The molecule has 2 heterocycles. The standard InChI is InChI=1S/C15H19F3N8O.C4H4O4/c16-15(17,18)10-22-14(19)24-12-9-23-26(25-12)7-2-1-6-21-13(27)11-4-3-5-20-8-11;5-3(6)1-2-4(7)8/h3-5,8-9H,1-2,6-7,10H2,(H,21,27)(H3,19,22,24,25);1-2H,(H,5,6)(H,7,8). The van der Waals surface area contributed by atoms with Gasteiger partial charge in [0.2, 0.25) is 0 Å². The minimum Gasteiger partial charge on any atom is -0.478 e. The number of hydrogen-bond acceptors (Lipinski definition) is 7. The number of guanidine groups is 1. The molecule has 2 aromatic heterocycles. The fourth-order valence-corrected chi connectivity index (χ4v) is 2.13. The molecule has 2 rings (SSSR count). The zero-order chi connectivity index (χ0) is 26.3. The van der Waals surface area contributed by atoms with Crippen molar-refractivity contribution >= 4 is 29.6 Å². The van der Waals surface area contributed by atoms with Gasteiger partial charge in [-0.05, 0) is 25.0 Å². The van der Waals surface area contributed by atoms with Crippen LogP contribution in [0.3, 0.4) is 0 Å². The van der Waals surface area contributed by atoms with Gasteiger partial charge in [0.05, 0.1) is 18.3 Å². The number of unbranched alkanes of at least 4 members (excludes halogenated alkanes) is 1. The van der Waals surface area contributed by atoms with Crippen LogP contribution in [0.4, 0.5) is 19.0 Å². The minimum absolute atomic E-state index is 0.194. The maximum Gasteiger partial charge on any atom is 0.408 e. The Morgan fingerprint density at radius 3 is 2.40 bits per heavy atom. The Morgan fingerprint density at radius 2 is 1.83 bits per heavy atom. The van der Waals surface area contributed by atoms with Gasteiger partial charge in [-0.15, -0.1) is 5.10 Å². The van der Waals surface area contributed by atoms with Gasteiger partial charge in [0.1, 0.15) is 6.54 Å². The number of aryl methyl sites for hydroxylation is 1. The van der Waals surface area contributed by atoms with Gasteiger partial charge >= 0.3 is 18.1 Å². The van der Waals surface area contributed by atoms with Gasteiger partial charge in [0.15, 0.2) is 11.8 Å². The molecule has 0 saturated carbocycles. The van der Waals surface area contributed by atoms with Crippen molar-refractivity contribution < 1.29 is 37.8 Å². The van der Waals surface area contributed by atoms with Crippen LogP contribution in [-0.4, -0.2) is 73.3 Å². The fourth-order valence-electron chi connectivity index (χ4n) is 2.13. The van der Waals surface area contributed by atoms with E-state index in [0.717, 1.165) is 0 Å². The summed E-state index contributed by atoms with van der Waals surface area (Å²) in [5.41, 5.74) is 5.85. The SMILES string of the molecule is NC(=NCC(F)(F)F)Nc1cnn(CCCCNC(=O)c2cccnc2)n1.O=C(O)C=CC(=O)O. The molecule has 16 heteroatoms. The summed E-state index contributed by atoms with van der Waals surface area (Å²) < 4.78 is 36.2. The number of alkyl halides is 3. The van der Waals surface area contributed by atoms with Gasteiger partial charge in [-0.25, -0.2) is 14.6 Å². The monoisotopic (exact) mass is 500 g/mol. The number of carboxylic acid groups (broad SMARTS) is 2. The zero-order valence-corrected chi connectivity index (χ0v) is 18.1. The van der Waals surface area contributed by atoms with Crippen LogP contribution in [-0.2, 0) is 16.1 Å². The van der Waals surface area contributed by atoms with Crippen molar-refractivity contribution in [2.24, 2.45) is 10.7 Å². The summed E-state index contributed by atoms with van der Waals surface area (Å²) in [5, 5.41) is 28.8. The summed E-state index contributed by atoms with van der Waals surface area (Å²) in [6.07, 6.45) is 2.50. The van der Waals surface area contributed by atoms with Crippen LogP contribution in [0.1, 0.15) is 23.2 Å². The number of pyridine rings is 1. The highest BCUT2D eigenvalue weighted by Crippen LogP contribution is 2.14. The predicted molar refractivity (Wildman–Crippen MR) is 116 cm³/mol. The third kappa shape index (κ3) is 14.3. The number of nitrogens with zero attached hydrogens (tertiary/aromatic N) is 5. The lowest BCUT2D eigenvalue weighted by Crippen LogP contribution is -2.25. The van der Waals surface area contributed by atoms with E-state index in [0.29, 0.717) is 43.6 Å². The lowest BCUT2D eigenvalue weighted by molar-refractivity contribution is -0.134. The average molecular weight is 500 g/mol. The number of nitrogens with two attached hydrogens (primary N) is 1. The molecule has 13 nitrogen and oxygen atoms in total. The number of aromatic nitrogens is 4. The maximum absolute atomic E-state index is 12.1. The Bertz CT molecular complexity index is 1010. The summed E-state index contributed by atoms with van der Waals surface area (Å²) in [7, 11) is 0. The first kappa shape index (κ1) is 28.5. The topological polar surface area (TPSA) is 198 Å². The molecule has 0 unspecified atom stereocenters. The Hall–Kier alpha value is -4.50. The lowest BCUT2D eigenvalue weighted by Gasteiger charge is -2.05. The summed E-state index contributed by atoms with van der Waals surface area (Å²) in [6.45, 7) is -0.411. The summed E-state index contributed by atoms with van der Waals surface area (Å²) in [5.74, 6) is -2.90. The number of anilines is 1. The van der Waals surface area contributed by atoms with Crippen molar-refractivity contribution in [2.75, 3.05) is 18.4 Å². The highest BCUT2D eigenvalue weighted by atomic mass is 19.4. The predicted octanol–water partition coefficient (Wildman–Crippen LogP) is 0.884. The molecule has 35 heavy (non-hydrogen) atoms. The quantitative estimate of drug-likeness (QED) is 0.135. The van der Waals surface area contributed by atoms with E-state index in [9.17, 15) is 27.6 Å². The van der Waals surface area contributed by atoms with E-state index >= 15 is 0 Å². The van der Waals surface area contributed by atoms with Gasteiger partial charge in [-0.2, -0.15) is 23.1 Å². The van der Waals surface area contributed by atoms with Crippen LogP contribution in [0.15, 0.2) is 47.9 Å². The van der Waals surface area contributed by atoms with Gasteiger partial charge in [-0.3, -0.25) is 9.78 Å². The normalized spacial score (nSPS) is 11.5. The third-order valence-electron chi connectivity index (χ3n) is 3.58. The fraction of sp³-hybridized carbons (Fsp3) is 0.316. The Balaban J connectivity index is 0.000000658. The first-order valence-corrected chi connectivity index (χ1v) is 9.82. The van der Waals surface area contributed by atoms with Crippen molar-refractivity contribution in [3.8, 4) is 0 Å². The van der Waals surface area contributed by atoms with Crippen LogP contribution in [0.2, 0.25) is 0 Å². The lowest BCUT2D eigenvalue weighted by atomic mass is 10.2. The minimum atomic E-state index is -4.42. The van der Waals surface area contributed by atoms with E-state index < -0.39 is 30.6 Å². The number of carbonyl (C=O) groups excluding carboxylic acids is 1. The Kier molecular flexibility index (Phi) is 11.9. The number of carbonyl (C=O) groups is 3. The number of amides is 1. The van der Waals surface area contributed by atoms with Crippen LogP contribution in [0.5, 0.6) is 0 Å². The number of nitrogens with one attached hydrogen (secondary N) is 2. The van der Waals surface area contributed by atoms with Crippen molar-refractivity contribution in [1.82, 2.24) is 25.3 Å². The summed E-state index contributed by atoms with van der Waals surface area (Å²) in [6, 6.07) is 3.36. The molecular formula is C19H23F3N8O5. The molecule has 0 bridgehead atoms. The van der Waals surface area contributed by atoms with Gasteiger partial charge in [-0.1, -0.05) is 0 Å². The molecule has 0 atom stereocenters. The second kappa shape index (κ2) is 14.6. The van der Waals surface area contributed by atoms with Crippen LogP contribution in [0.25, 0.3) is 0 Å². The smallest absolute Gasteiger partial charge is 0.408 e. The van der Waals surface area contributed by atoms with Gasteiger partial charge in [0.25, 0.3) is 5.91 Å². The van der Waals surface area contributed by atoms with E-state index in [2.05, 4.69) is 30.8 Å². The van der Waals surface area contributed by atoms with Crippen LogP contribution < -0.4 is 16.4 Å². The molecule has 6 N–H and O–H groups in total. The molecule has 0 aliphatic carbocycles. The van der Waals surface area contributed by atoms with Gasteiger partial charge < -0.3 is 26.6 Å². The van der Waals surface area contributed by atoms with E-state index in [1.165, 1.54) is 17.2 Å². The number of halogens is 3. The maximum atomic E-state index is 12.1. The van der Waals surface area contributed by atoms with Gasteiger partial charge in [0, 0.05) is 31.1 Å². The molecule has 0 aromatic carbocycles. The van der Waals surface area contributed by atoms with Crippen LogP contribution >= 0.6 is 0 Å². The van der Waals surface area contributed by atoms with Crippen molar-refractivity contribution in [2.45, 2.75) is 25.6 Å². The zero-order valence-electron chi connectivity index (χ0n) is 18.1. The second-order valence-electron chi connectivity index (χ2n) is 6.48. The summed E-state index contributed by atoms with van der Waals surface area (Å²) >= 11 is 0. The molecular weight excluding hydrogens is 477 g/mol. The summed E-state index contributed by atoms with van der Waals surface area (Å²) in [4.78, 5) is 39.3. The highest BCUT2D eigenvalue weighted by Gasteiger charge is 2.26. The largest absolute Gasteiger partial charge is 0.478 e. The van der Waals surface area contributed by atoms with Crippen molar-refractivity contribution in [3.05, 3.63) is 48.4 Å². The molecule has 190 valence electrons. The van der Waals surface area contributed by atoms with E-state index in [4.69, 9.17) is 15.9 Å². The van der Waals surface area contributed by atoms with E-state index in [1.807, 2.05) is 0 Å². The number of aliphatic imine (C=N–C) groups is 1. The second-order valence-corrected chi connectivity index (χ2v) is 6.48. The Labute approximate surface area is 196 Å². The third-order valence-corrected chi connectivity index (χ3v) is 3.58. The van der Waals surface area contributed by atoms with E-state index in [-0.39, 0.29) is 11.7 Å². The highest BCUT2D eigenvalue weighted by molar-refractivity contribution is 5.93. The molecule has 0 fully saturated rings. The van der Waals surface area contributed by atoms with Crippen LogP contribution in [0, 0.1) is 0 Å². The number of carboxylic acids is 2. The first-order chi connectivity index (χ1) is 16.5.